The summed E-state index contributed by atoms with van der Waals surface area (Å²) in [6.07, 6.45) is 2.44. The predicted molar refractivity (Wildman–Crippen MR) is 76.9 cm³/mol. The average Bonchev–Trinajstić information content (AvgIpc) is 2.43. The maximum Gasteiger partial charge on any atom is 0.118 e. The van der Waals surface area contributed by atoms with Gasteiger partial charge in [-0.1, -0.05) is 32.4 Å². The molecule has 2 N–H and O–H groups in total. The van der Waals surface area contributed by atoms with Crippen molar-refractivity contribution in [2.45, 2.75) is 32.7 Å². The number of nitrogens with two attached hydrogens (primary N) is 1. The molecule has 1 aromatic rings. The molecule has 18 heavy (non-hydrogen) atoms. The minimum Gasteiger partial charge on any atom is -0.497 e. The van der Waals surface area contributed by atoms with Crippen LogP contribution in [-0.4, -0.2) is 31.6 Å². The monoisotopic (exact) mass is 250 g/mol. The highest BCUT2D eigenvalue weighted by atomic mass is 16.5. The number of ether oxygens (including phenoxy) is 1. The molecule has 0 fully saturated rings. The standard InChI is InChI=1S/C15H26N2O/c1-4-6-11-17(5-2)15(12-16)13-7-9-14(18-3)10-8-13/h7-10,15H,4-6,11-12,16H2,1-3H3. The normalized spacial score (nSPS) is 12.7. The first kappa shape index (κ1) is 15.0. The number of likely N-dealkylation sites (N-methyl/N-ethyl adjacent to an activating group) is 1. The third kappa shape index (κ3) is 4.00. The molecule has 3 nitrogen and oxygen atoms in total. The molecular weight excluding hydrogens is 224 g/mol. The zero-order valence-electron chi connectivity index (χ0n) is 11.9. The van der Waals surface area contributed by atoms with Gasteiger partial charge in [-0.15, -0.1) is 0 Å². The van der Waals surface area contributed by atoms with Gasteiger partial charge in [0.15, 0.2) is 0 Å². The molecule has 1 aromatic carbocycles. The third-order valence-corrected chi connectivity index (χ3v) is 3.37. The molecule has 0 saturated carbocycles. The maximum absolute atomic E-state index is 5.95. The highest BCUT2D eigenvalue weighted by Crippen LogP contribution is 2.22. The first-order chi connectivity index (χ1) is 8.76. The third-order valence-electron chi connectivity index (χ3n) is 3.37. The van der Waals surface area contributed by atoms with Crippen LogP contribution in [0.2, 0.25) is 0 Å². The number of hydrogen-bond acceptors (Lipinski definition) is 3. The molecule has 0 radical (unpaired) electrons. The SMILES string of the molecule is CCCCN(CC)C(CN)c1ccc(OC)cc1. The quantitative estimate of drug-likeness (QED) is 0.771. The van der Waals surface area contributed by atoms with Gasteiger partial charge in [0.25, 0.3) is 0 Å². The van der Waals surface area contributed by atoms with E-state index in [4.69, 9.17) is 10.5 Å². The van der Waals surface area contributed by atoms with Gasteiger partial charge < -0.3 is 10.5 Å². The fourth-order valence-corrected chi connectivity index (χ4v) is 2.22. The summed E-state index contributed by atoms with van der Waals surface area (Å²) in [5.41, 5.74) is 7.22. The van der Waals surface area contributed by atoms with E-state index in [0.29, 0.717) is 12.6 Å². The van der Waals surface area contributed by atoms with Crippen LogP contribution in [0.4, 0.5) is 0 Å². The van der Waals surface area contributed by atoms with Crippen molar-refractivity contribution >= 4 is 0 Å². The van der Waals surface area contributed by atoms with Crippen molar-refractivity contribution in [3.8, 4) is 5.75 Å². The highest BCUT2D eigenvalue weighted by Gasteiger charge is 2.16. The lowest BCUT2D eigenvalue weighted by Gasteiger charge is -2.30. The lowest BCUT2D eigenvalue weighted by Crippen LogP contribution is -2.34. The van der Waals surface area contributed by atoms with Crippen LogP contribution in [0.15, 0.2) is 24.3 Å². The Morgan fingerprint density at radius 3 is 2.33 bits per heavy atom. The van der Waals surface area contributed by atoms with Crippen molar-refractivity contribution < 1.29 is 4.74 Å². The molecule has 0 aliphatic rings. The van der Waals surface area contributed by atoms with Gasteiger partial charge in [-0.2, -0.15) is 0 Å². The predicted octanol–water partition coefficient (Wildman–Crippen LogP) is 2.82. The fraction of sp³-hybridized carbons (Fsp3) is 0.600. The fourth-order valence-electron chi connectivity index (χ4n) is 2.22. The van der Waals surface area contributed by atoms with Crippen LogP contribution < -0.4 is 10.5 Å². The molecule has 3 heteroatoms. The van der Waals surface area contributed by atoms with Crippen LogP contribution in [-0.2, 0) is 0 Å². The van der Waals surface area contributed by atoms with Crippen LogP contribution in [0, 0.1) is 0 Å². The summed E-state index contributed by atoms with van der Waals surface area (Å²) in [5, 5.41) is 0. The van der Waals surface area contributed by atoms with Gasteiger partial charge in [0, 0.05) is 12.6 Å². The molecule has 0 aliphatic heterocycles. The number of nitrogens with zero attached hydrogens (tertiary/aromatic N) is 1. The van der Waals surface area contributed by atoms with E-state index in [1.807, 2.05) is 12.1 Å². The van der Waals surface area contributed by atoms with Crippen molar-refractivity contribution in [3.05, 3.63) is 29.8 Å². The molecule has 0 heterocycles. The Labute approximate surface area is 111 Å². The van der Waals surface area contributed by atoms with Crippen molar-refractivity contribution in [1.29, 1.82) is 0 Å². The number of rotatable bonds is 8. The Morgan fingerprint density at radius 1 is 1.22 bits per heavy atom. The van der Waals surface area contributed by atoms with E-state index in [0.717, 1.165) is 18.8 Å². The molecule has 0 saturated heterocycles. The highest BCUT2D eigenvalue weighted by molar-refractivity contribution is 5.29. The summed E-state index contributed by atoms with van der Waals surface area (Å²) in [5.74, 6) is 0.895. The van der Waals surface area contributed by atoms with Crippen LogP contribution in [0.5, 0.6) is 5.75 Å². The lowest BCUT2D eigenvalue weighted by molar-refractivity contribution is 0.209. The summed E-state index contributed by atoms with van der Waals surface area (Å²) in [6, 6.07) is 8.56. The summed E-state index contributed by atoms with van der Waals surface area (Å²) >= 11 is 0. The van der Waals surface area contributed by atoms with Gasteiger partial charge in [0.05, 0.1) is 7.11 Å². The summed E-state index contributed by atoms with van der Waals surface area (Å²) in [4.78, 5) is 2.45. The van der Waals surface area contributed by atoms with Crippen LogP contribution in [0.1, 0.15) is 38.3 Å². The second-order valence-corrected chi connectivity index (χ2v) is 4.51. The first-order valence-corrected chi connectivity index (χ1v) is 6.84. The Kier molecular flexibility index (Phi) is 6.76. The maximum atomic E-state index is 5.95. The molecule has 0 aromatic heterocycles. The van der Waals surface area contributed by atoms with E-state index < -0.39 is 0 Å². The molecule has 1 unspecified atom stereocenters. The van der Waals surface area contributed by atoms with E-state index >= 15 is 0 Å². The smallest absolute Gasteiger partial charge is 0.118 e. The second kappa shape index (κ2) is 8.11. The van der Waals surface area contributed by atoms with E-state index in [1.54, 1.807) is 7.11 Å². The lowest BCUT2D eigenvalue weighted by atomic mass is 10.0. The van der Waals surface area contributed by atoms with Crippen LogP contribution in [0.3, 0.4) is 0 Å². The van der Waals surface area contributed by atoms with Crippen LogP contribution >= 0.6 is 0 Å². The van der Waals surface area contributed by atoms with E-state index in [9.17, 15) is 0 Å². The first-order valence-electron chi connectivity index (χ1n) is 6.84. The Balaban J connectivity index is 2.78. The zero-order valence-corrected chi connectivity index (χ0v) is 11.9. The van der Waals surface area contributed by atoms with Gasteiger partial charge in [-0.3, -0.25) is 4.90 Å². The Bertz CT molecular complexity index is 324. The second-order valence-electron chi connectivity index (χ2n) is 4.51. The van der Waals surface area contributed by atoms with E-state index in [2.05, 4.69) is 30.9 Å². The molecule has 0 bridgehead atoms. The van der Waals surface area contributed by atoms with Crippen molar-refractivity contribution in [2.75, 3.05) is 26.7 Å². The Morgan fingerprint density at radius 2 is 1.89 bits per heavy atom. The minimum absolute atomic E-state index is 0.312. The number of hydrogen-bond donors (Lipinski definition) is 1. The summed E-state index contributed by atoms with van der Waals surface area (Å²) < 4.78 is 5.19. The largest absolute Gasteiger partial charge is 0.497 e. The molecule has 102 valence electrons. The molecule has 0 spiro atoms. The van der Waals surface area contributed by atoms with Crippen molar-refractivity contribution in [1.82, 2.24) is 4.90 Å². The van der Waals surface area contributed by atoms with Crippen molar-refractivity contribution in [2.24, 2.45) is 5.73 Å². The zero-order chi connectivity index (χ0) is 13.4. The molecular formula is C15H26N2O. The molecule has 1 atom stereocenters. The topological polar surface area (TPSA) is 38.5 Å². The minimum atomic E-state index is 0.312. The number of unbranched alkanes of at least 4 members (excludes halogenated alkanes) is 1. The molecule has 0 aliphatic carbocycles. The number of methoxy groups -OCH3 is 1. The van der Waals surface area contributed by atoms with Gasteiger partial charge in [0.1, 0.15) is 5.75 Å². The van der Waals surface area contributed by atoms with Crippen LogP contribution in [0.25, 0.3) is 0 Å². The summed E-state index contributed by atoms with van der Waals surface area (Å²) in [7, 11) is 1.69. The van der Waals surface area contributed by atoms with Gasteiger partial charge >= 0.3 is 0 Å². The summed E-state index contributed by atoms with van der Waals surface area (Å²) in [6.45, 7) is 7.22. The van der Waals surface area contributed by atoms with Gasteiger partial charge in [-0.05, 0) is 37.2 Å². The van der Waals surface area contributed by atoms with Gasteiger partial charge in [0.2, 0.25) is 0 Å². The molecule has 0 amide bonds. The molecule has 1 rings (SSSR count). The van der Waals surface area contributed by atoms with E-state index in [1.165, 1.54) is 18.4 Å². The average molecular weight is 250 g/mol. The van der Waals surface area contributed by atoms with Gasteiger partial charge in [-0.25, -0.2) is 0 Å². The Hall–Kier alpha value is -1.06. The van der Waals surface area contributed by atoms with Crippen molar-refractivity contribution in [3.63, 3.8) is 0 Å². The number of benzene rings is 1. The van der Waals surface area contributed by atoms with E-state index in [-0.39, 0.29) is 0 Å².